The van der Waals surface area contributed by atoms with Crippen molar-refractivity contribution in [2.45, 2.75) is 26.2 Å². The Hall–Kier alpha value is -2.15. The van der Waals surface area contributed by atoms with Gasteiger partial charge in [0, 0.05) is 6.42 Å². The van der Waals surface area contributed by atoms with Crippen LogP contribution in [0.5, 0.6) is 5.75 Å². The third-order valence-electron chi connectivity index (χ3n) is 2.98. The Bertz CT molecular complexity index is 491. The number of anilines is 1. The molecule has 110 valence electrons. The maximum atomic E-state index is 11.8. The lowest BCUT2D eigenvalue weighted by Gasteiger charge is -2.10. The second-order valence-electron chi connectivity index (χ2n) is 4.73. The van der Waals surface area contributed by atoms with Gasteiger partial charge in [-0.1, -0.05) is 6.92 Å². The van der Waals surface area contributed by atoms with Gasteiger partial charge in [0.2, 0.25) is 5.91 Å². The molecular weight excluding hydrogens is 262 g/mol. The summed E-state index contributed by atoms with van der Waals surface area (Å²) in [5, 5.41) is 22.6. The molecule has 0 radical (unpaired) electrons. The maximum absolute atomic E-state index is 11.8. The molecule has 0 aliphatic carbocycles. The van der Waals surface area contributed by atoms with Crippen LogP contribution < -0.4 is 11.1 Å². The second kappa shape index (κ2) is 7.44. The van der Waals surface area contributed by atoms with E-state index in [1.165, 1.54) is 12.1 Å². The number of carbonyl (C=O) groups excluding carboxylic acids is 1. The van der Waals surface area contributed by atoms with E-state index in [4.69, 9.17) is 5.73 Å². The van der Waals surface area contributed by atoms with Gasteiger partial charge in [-0.15, -0.1) is 0 Å². The van der Waals surface area contributed by atoms with Crippen LogP contribution >= 0.6 is 0 Å². The average molecular weight is 281 g/mol. The number of phenols is 1. The summed E-state index contributed by atoms with van der Waals surface area (Å²) in [4.78, 5) is 21.9. The van der Waals surface area contributed by atoms with Crippen LogP contribution in [0.15, 0.2) is 18.2 Å². The third kappa shape index (κ3) is 4.85. The SMILES string of the molecule is CC(CCN)CCC(=O)Nc1ccc(O)cc1[N+](=O)[O-]. The summed E-state index contributed by atoms with van der Waals surface area (Å²) in [6, 6.07) is 3.61. The lowest BCUT2D eigenvalue weighted by molar-refractivity contribution is -0.384. The first kappa shape index (κ1) is 15.9. The van der Waals surface area contributed by atoms with Gasteiger partial charge in [0.05, 0.1) is 11.0 Å². The third-order valence-corrected chi connectivity index (χ3v) is 2.98. The number of nitro benzene ring substituents is 1. The van der Waals surface area contributed by atoms with Gasteiger partial charge in [-0.3, -0.25) is 14.9 Å². The average Bonchev–Trinajstić information content (AvgIpc) is 2.38. The minimum atomic E-state index is -0.646. The quantitative estimate of drug-likeness (QED) is 0.401. The molecule has 1 amide bonds. The number of hydrogen-bond donors (Lipinski definition) is 3. The summed E-state index contributed by atoms with van der Waals surface area (Å²) >= 11 is 0. The molecule has 1 unspecified atom stereocenters. The van der Waals surface area contributed by atoms with Crippen molar-refractivity contribution in [3.63, 3.8) is 0 Å². The number of hydrogen-bond acceptors (Lipinski definition) is 5. The van der Waals surface area contributed by atoms with Crippen molar-refractivity contribution in [2.75, 3.05) is 11.9 Å². The fourth-order valence-corrected chi connectivity index (χ4v) is 1.80. The molecule has 0 aliphatic heterocycles. The Morgan fingerprint density at radius 2 is 2.20 bits per heavy atom. The lowest BCUT2D eigenvalue weighted by Crippen LogP contribution is -2.14. The summed E-state index contributed by atoms with van der Waals surface area (Å²) in [6.45, 7) is 2.58. The van der Waals surface area contributed by atoms with Crippen molar-refractivity contribution in [3.8, 4) is 5.75 Å². The van der Waals surface area contributed by atoms with Crippen LogP contribution in [0.1, 0.15) is 26.2 Å². The highest BCUT2D eigenvalue weighted by Gasteiger charge is 2.17. The van der Waals surface area contributed by atoms with E-state index in [0.717, 1.165) is 12.5 Å². The zero-order valence-corrected chi connectivity index (χ0v) is 11.3. The zero-order chi connectivity index (χ0) is 15.1. The molecule has 0 saturated heterocycles. The first-order chi connectivity index (χ1) is 9.43. The first-order valence-corrected chi connectivity index (χ1v) is 6.41. The van der Waals surface area contributed by atoms with E-state index in [9.17, 15) is 20.0 Å². The number of nitrogens with two attached hydrogens (primary N) is 1. The molecule has 0 aliphatic rings. The van der Waals surface area contributed by atoms with Gasteiger partial charge in [-0.05, 0) is 37.4 Å². The van der Waals surface area contributed by atoms with Crippen LogP contribution in [0.4, 0.5) is 11.4 Å². The maximum Gasteiger partial charge on any atom is 0.296 e. The lowest BCUT2D eigenvalue weighted by atomic mass is 10.0. The van der Waals surface area contributed by atoms with Gasteiger partial charge in [-0.2, -0.15) is 0 Å². The van der Waals surface area contributed by atoms with E-state index < -0.39 is 4.92 Å². The van der Waals surface area contributed by atoms with Crippen LogP contribution in [-0.4, -0.2) is 22.5 Å². The molecule has 1 atom stereocenters. The zero-order valence-electron chi connectivity index (χ0n) is 11.3. The van der Waals surface area contributed by atoms with Crippen molar-refractivity contribution in [1.82, 2.24) is 0 Å². The normalized spacial score (nSPS) is 11.9. The molecule has 7 nitrogen and oxygen atoms in total. The molecule has 0 bridgehead atoms. The molecule has 1 aromatic rings. The Morgan fingerprint density at radius 1 is 1.50 bits per heavy atom. The minimum Gasteiger partial charge on any atom is -0.508 e. The number of phenolic OH excluding ortho intramolecular Hbond substituents is 1. The van der Waals surface area contributed by atoms with E-state index in [1.807, 2.05) is 6.92 Å². The number of amides is 1. The molecule has 1 aromatic carbocycles. The van der Waals surface area contributed by atoms with E-state index in [1.54, 1.807) is 0 Å². The largest absolute Gasteiger partial charge is 0.508 e. The summed E-state index contributed by atoms with van der Waals surface area (Å²) in [5.41, 5.74) is 5.19. The molecular formula is C13H19N3O4. The highest BCUT2D eigenvalue weighted by Crippen LogP contribution is 2.28. The smallest absolute Gasteiger partial charge is 0.296 e. The van der Waals surface area contributed by atoms with Crippen molar-refractivity contribution in [1.29, 1.82) is 0 Å². The van der Waals surface area contributed by atoms with Gasteiger partial charge in [0.25, 0.3) is 5.69 Å². The van der Waals surface area contributed by atoms with E-state index in [0.29, 0.717) is 18.9 Å². The number of benzene rings is 1. The molecule has 7 heteroatoms. The molecule has 4 N–H and O–H groups in total. The van der Waals surface area contributed by atoms with Gasteiger partial charge in [0.15, 0.2) is 0 Å². The molecule has 0 spiro atoms. The van der Waals surface area contributed by atoms with Gasteiger partial charge >= 0.3 is 0 Å². The van der Waals surface area contributed by atoms with Crippen molar-refractivity contribution in [3.05, 3.63) is 28.3 Å². The Balaban J connectivity index is 2.64. The number of nitrogens with one attached hydrogen (secondary N) is 1. The Kier molecular flexibility index (Phi) is 5.92. The molecule has 1 rings (SSSR count). The number of nitro groups is 1. The van der Waals surface area contributed by atoms with Crippen molar-refractivity contribution < 1.29 is 14.8 Å². The monoisotopic (exact) mass is 281 g/mol. The standard InChI is InChI=1S/C13H19N3O4/c1-9(6-7-14)2-5-13(18)15-11-4-3-10(17)8-12(11)16(19)20/h3-4,8-9,17H,2,5-7,14H2,1H3,(H,15,18). The molecule has 0 aromatic heterocycles. The molecule has 0 heterocycles. The highest BCUT2D eigenvalue weighted by atomic mass is 16.6. The van der Waals surface area contributed by atoms with Gasteiger partial charge < -0.3 is 16.2 Å². The van der Waals surface area contributed by atoms with E-state index in [2.05, 4.69) is 5.32 Å². The van der Waals surface area contributed by atoms with Crippen molar-refractivity contribution >= 4 is 17.3 Å². The number of aromatic hydroxyl groups is 1. The Labute approximate surface area is 116 Å². The van der Waals surface area contributed by atoms with Crippen LogP contribution in [-0.2, 0) is 4.79 Å². The molecule has 0 saturated carbocycles. The Morgan fingerprint density at radius 3 is 2.80 bits per heavy atom. The van der Waals surface area contributed by atoms with Crippen LogP contribution in [0.25, 0.3) is 0 Å². The number of nitrogens with zero attached hydrogens (tertiary/aromatic N) is 1. The summed E-state index contributed by atoms with van der Waals surface area (Å²) < 4.78 is 0. The summed E-state index contributed by atoms with van der Waals surface area (Å²) in [5.74, 6) is -0.172. The number of carbonyl (C=O) groups is 1. The predicted molar refractivity (Wildman–Crippen MR) is 75.5 cm³/mol. The van der Waals surface area contributed by atoms with Crippen LogP contribution in [0.3, 0.4) is 0 Å². The summed E-state index contributed by atoms with van der Waals surface area (Å²) in [7, 11) is 0. The first-order valence-electron chi connectivity index (χ1n) is 6.41. The van der Waals surface area contributed by atoms with E-state index in [-0.39, 0.29) is 29.5 Å². The minimum absolute atomic E-state index is 0.0873. The summed E-state index contributed by atoms with van der Waals surface area (Å²) in [6.07, 6.45) is 1.79. The number of rotatable bonds is 7. The fraction of sp³-hybridized carbons (Fsp3) is 0.462. The molecule has 0 fully saturated rings. The molecule has 20 heavy (non-hydrogen) atoms. The van der Waals surface area contributed by atoms with E-state index >= 15 is 0 Å². The van der Waals surface area contributed by atoms with Crippen LogP contribution in [0.2, 0.25) is 0 Å². The fourth-order valence-electron chi connectivity index (χ4n) is 1.80. The highest BCUT2D eigenvalue weighted by molar-refractivity contribution is 5.93. The van der Waals surface area contributed by atoms with Crippen LogP contribution in [0, 0.1) is 16.0 Å². The van der Waals surface area contributed by atoms with Gasteiger partial charge in [0.1, 0.15) is 11.4 Å². The topological polar surface area (TPSA) is 118 Å². The van der Waals surface area contributed by atoms with Gasteiger partial charge in [-0.25, -0.2) is 0 Å². The second-order valence-corrected chi connectivity index (χ2v) is 4.73. The predicted octanol–water partition coefficient (Wildman–Crippen LogP) is 2.00. The van der Waals surface area contributed by atoms with Crippen molar-refractivity contribution in [2.24, 2.45) is 11.7 Å².